The number of carbonyl (C=O) groups is 2. The Bertz CT molecular complexity index is 1170. The van der Waals surface area contributed by atoms with Crippen molar-refractivity contribution in [2.45, 2.75) is 53.4 Å². The van der Waals surface area contributed by atoms with Crippen LogP contribution in [-0.4, -0.2) is 23.5 Å². The number of aryl methyl sites for hydroxylation is 1. The highest BCUT2D eigenvalue weighted by Gasteiger charge is 2.45. The number of allylic oxidation sites excluding steroid dienone is 3. The lowest BCUT2D eigenvalue weighted by atomic mass is 9.68. The molecular formula is C25H27BrN2O4. The normalized spacial score (nSPS) is 20.2. The maximum absolute atomic E-state index is 13.5. The Kier molecular flexibility index (Phi) is 5.88. The standard InChI is InChI=1S/C25H27BrN2O4/c1-6-31-24(30)19-13(2)27-17-11-25(4,5)12-18(29)21(17)22(19)20-14(3)32-28-23(20)15-8-7-9-16(26)10-15/h7-10,22,27H,6,11-12H2,1-5H3/t22-/m0/s1. The molecule has 0 saturated carbocycles. The number of halogens is 1. The highest BCUT2D eigenvalue weighted by Crippen LogP contribution is 2.49. The van der Waals surface area contributed by atoms with Crippen LogP contribution in [0.1, 0.15) is 57.8 Å². The molecule has 4 rings (SSSR count). The smallest absolute Gasteiger partial charge is 0.336 e. The van der Waals surface area contributed by atoms with Gasteiger partial charge in [-0.3, -0.25) is 4.79 Å². The molecule has 0 amide bonds. The van der Waals surface area contributed by atoms with Gasteiger partial charge >= 0.3 is 5.97 Å². The Morgan fingerprint density at radius 2 is 2.06 bits per heavy atom. The lowest BCUT2D eigenvalue weighted by Crippen LogP contribution is -2.38. The summed E-state index contributed by atoms with van der Waals surface area (Å²) in [7, 11) is 0. The molecule has 0 radical (unpaired) electrons. The van der Waals surface area contributed by atoms with E-state index in [-0.39, 0.29) is 17.8 Å². The second kappa shape index (κ2) is 8.35. The van der Waals surface area contributed by atoms with Gasteiger partial charge in [0.15, 0.2) is 5.78 Å². The van der Waals surface area contributed by atoms with Crippen LogP contribution in [0.3, 0.4) is 0 Å². The van der Waals surface area contributed by atoms with Crippen LogP contribution in [0, 0.1) is 12.3 Å². The molecule has 1 aliphatic heterocycles. The van der Waals surface area contributed by atoms with Crippen LogP contribution < -0.4 is 5.32 Å². The Labute approximate surface area is 196 Å². The molecule has 32 heavy (non-hydrogen) atoms. The van der Waals surface area contributed by atoms with E-state index in [1.165, 1.54) is 0 Å². The molecule has 7 heteroatoms. The molecule has 168 valence electrons. The Morgan fingerprint density at radius 3 is 2.75 bits per heavy atom. The average Bonchev–Trinajstić information content (AvgIpc) is 3.07. The molecule has 2 heterocycles. The van der Waals surface area contributed by atoms with Crippen LogP contribution in [0.2, 0.25) is 0 Å². The number of ketones is 1. The van der Waals surface area contributed by atoms with Gasteiger partial charge in [0.2, 0.25) is 0 Å². The highest BCUT2D eigenvalue weighted by molar-refractivity contribution is 9.10. The van der Waals surface area contributed by atoms with Gasteiger partial charge in [-0.15, -0.1) is 0 Å². The molecule has 0 bridgehead atoms. The summed E-state index contributed by atoms with van der Waals surface area (Å²) in [5.41, 5.74) is 4.63. The Hall–Kier alpha value is -2.67. The van der Waals surface area contributed by atoms with Gasteiger partial charge in [-0.2, -0.15) is 0 Å². The summed E-state index contributed by atoms with van der Waals surface area (Å²) in [4.78, 5) is 26.6. The number of esters is 1. The number of nitrogens with one attached hydrogen (secondary N) is 1. The quantitative estimate of drug-likeness (QED) is 0.554. The highest BCUT2D eigenvalue weighted by atomic mass is 79.9. The fourth-order valence-electron chi connectivity index (χ4n) is 4.77. The molecule has 1 aromatic heterocycles. The van der Waals surface area contributed by atoms with Gasteiger partial charge in [0.1, 0.15) is 11.5 Å². The van der Waals surface area contributed by atoms with Crippen LogP contribution >= 0.6 is 15.9 Å². The molecule has 0 spiro atoms. The summed E-state index contributed by atoms with van der Waals surface area (Å²) < 4.78 is 11.9. The van der Waals surface area contributed by atoms with Crippen molar-refractivity contribution in [3.8, 4) is 11.3 Å². The predicted molar refractivity (Wildman–Crippen MR) is 125 cm³/mol. The number of ether oxygens (including phenoxy) is 1. The van der Waals surface area contributed by atoms with Crippen LogP contribution in [-0.2, 0) is 14.3 Å². The van der Waals surface area contributed by atoms with Gasteiger partial charge in [0.25, 0.3) is 0 Å². The first-order valence-corrected chi connectivity index (χ1v) is 11.6. The molecule has 0 fully saturated rings. The van der Waals surface area contributed by atoms with Crippen molar-refractivity contribution in [1.29, 1.82) is 0 Å². The molecule has 1 aromatic carbocycles. The molecule has 0 saturated heterocycles. The number of carbonyl (C=O) groups excluding carboxylic acids is 2. The third-order valence-electron chi connectivity index (χ3n) is 6.03. The zero-order chi connectivity index (χ0) is 23.2. The summed E-state index contributed by atoms with van der Waals surface area (Å²) in [5, 5.41) is 7.69. The number of benzene rings is 1. The average molecular weight is 499 g/mol. The fourth-order valence-corrected chi connectivity index (χ4v) is 5.17. The van der Waals surface area contributed by atoms with Crippen LogP contribution in [0.4, 0.5) is 0 Å². The molecule has 1 atom stereocenters. The van der Waals surface area contributed by atoms with E-state index in [9.17, 15) is 9.59 Å². The molecule has 0 unspecified atom stereocenters. The topological polar surface area (TPSA) is 81.4 Å². The molecule has 6 nitrogen and oxygen atoms in total. The molecule has 1 aliphatic carbocycles. The Balaban J connectivity index is 1.97. The van der Waals surface area contributed by atoms with E-state index in [0.29, 0.717) is 41.1 Å². The maximum atomic E-state index is 13.5. The van der Waals surface area contributed by atoms with E-state index < -0.39 is 11.9 Å². The van der Waals surface area contributed by atoms with Crippen molar-refractivity contribution in [1.82, 2.24) is 10.5 Å². The minimum Gasteiger partial charge on any atom is -0.463 e. The third-order valence-corrected chi connectivity index (χ3v) is 6.52. The number of rotatable bonds is 4. The van der Waals surface area contributed by atoms with E-state index in [2.05, 4.69) is 40.3 Å². The van der Waals surface area contributed by atoms with Gasteiger partial charge in [0, 0.05) is 39.0 Å². The first-order chi connectivity index (χ1) is 15.1. The second-order valence-corrected chi connectivity index (χ2v) is 10.1. The van der Waals surface area contributed by atoms with Crippen molar-refractivity contribution in [2.75, 3.05) is 6.61 Å². The summed E-state index contributed by atoms with van der Waals surface area (Å²) in [6.45, 7) is 9.87. The number of hydrogen-bond acceptors (Lipinski definition) is 6. The van der Waals surface area contributed by atoms with E-state index in [0.717, 1.165) is 21.3 Å². The van der Waals surface area contributed by atoms with Gasteiger partial charge < -0.3 is 14.6 Å². The van der Waals surface area contributed by atoms with Gasteiger partial charge in [-0.05, 0) is 44.7 Å². The lowest BCUT2D eigenvalue weighted by Gasteiger charge is -2.39. The van der Waals surface area contributed by atoms with E-state index in [1.54, 1.807) is 6.92 Å². The van der Waals surface area contributed by atoms with E-state index in [1.807, 2.05) is 38.1 Å². The largest absolute Gasteiger partial charge is 0.463 e. The number of Topliss-reactive ketones (excluding diaryl/α,β-unsaturated/α-hetero) is 1. The fraction of sp³-hybridized carbons (Fsp3) is 0.400. The van der Waals surface area contributed by atoms with E-state index >= 15 is 0 Å². The van der Waals surface area contributed by atoms with Gasteiger partial charge in [0.05, 0.1) is 18.1 Å². The predicted octanol–water partition coefficient (Wildman–Crippen LogP) is 5.58. The van der Waals surface area contributed by atoms with Crippen LogP contribution in [0.5, 0.6) is 0 Å². The van der Waals surface area contributed by atoms with Crippen molar-refractivity contribution in [3.63, 3.8) is 0 Å². The first-order valence-electron chi connectivity index (χ1n) is 10.8. The number of nitrogens with zero attached hydrogens (tertiary/aromatic N) is 1. The lowest BCUT2D eigenvalue weighted by molar-refractivity contribution is -0.138. The van der Waals surface area contributed by atoms with Gasteiger partial charge in [-0.1, -0.05) is 47.1 Å². The zero-order valence-electron chi connectivity index (χ0n) is 19.0. The Morgan fingerprint density at radius 1 is 1.31 bits per heavy atom. The zero-order valence-corrected chi connectivity index (χ0v) is 20.6. The van der Waals surface area contributed by atoms with Crippen LogP contribution in [0.25, 0.3) is 11.3 Å². The first kappa shape index (κ1) is 22.5. The molecule has 2 aromatic rings. The number of dihydropyridines is 1. The van der Waals surface area contributed by atoms with Crippen molar-refractivity contribution >= 4 is 27.7 Å². The summed E-state index contributed by atoms with van der Waals surface area (Å²) in [6.07, 6.45) is 1.13. The van der Waals surface area contributed by atoms with Gasteiger partial charge in [-0.25, -0.2) is 4.79 Å². The van der Waals surface area contributed by atoms with Crippen molar-refractivity contribution in [2.24, 2.45) is 5.41 Å². The van der Waals surface area contributed by atoms with Crippen LogP contribution in [0.15, 0.2) is 55.8 Å². The SMILES string of the molecule is CCOC(=O)C1=C(C)NC2=C(C(=O)CC(C)(C)C2)[C@@H]1c1c(-c2cccc(Br)c2)noc1C. The minimum absolute atomic E-state index is 0.0313. The minimum atomic E-state index is -0.603. The summed E-state index contributed by atoms with van der Waals surface area (Å²) in [5.74, 6) is -0.434. The second-order valence-electron chi connectivity index (χ2n) is 9.16. The summed E-state index contributed by atoms with van der Waals surface area (Å²) in [6, 6.07) is 7.74. The third kappa shape index (κ3) is 3.94. The van der Waals surface area contributed by atoms with E-state index in [4.69, 9.17) is 9.26 Å². The number of hydrogen-bond donors (Lipinski definition) is 1. The molecule has 1 N–H and O–H groups in total. The monoisotopic (exact) mass is 498 g/mol. The number of aromatic nitrogens is 1. The van der Waals surface area contributed by atoms with Crippen molar-refractivity contribution in [3.05, 3.63) is 62.6 Å². The van der Waals surface area contributed by atoms with Crippen molar-refractivity contribution < 1.29 is 18.8 Å². The molecule has 2 aliphatic rings. The summed E-state index contributed by atoms with van der Waals surface area (Å²) >= 11 is 3.51. The molecular weight excluding hydrogens is 472 g/mol. The maximum Gasteiger partial charge on any atom is 0.336 e.